The molecule has 0 saturated heterocycles. The van der Waals surface area contributed by atoms with Gasteiger partial charge >= 0.3 is 6.18 Å². The molecule has 1 aliphatic heterocycles. The van der Waals surface area contributed by atoms with Crippen molar-refractivity contribution >= 4 is 11.4 Å². The van der Waals surface area contributed by atoms with Gasteiger partial charge in [-0.2, -0.15) is 13.2 Å². The van der Waals surface area contributed by atoms with E-state index in [0.29, 0.717) is 13.1 Å². The van der Waals surface area contributed by atoms with Crippen LogP contribution in [0.15, 0.2) is 53.7 Å². The fourth-order valence-electron chi connectivity index (χ4n) is 2.94. The largest absolute Gasteiger partial charge is 0.416 e. The van der Waals surface area contributed by atoms with Crippen LogP contribution in [0.4, 0.5) is 18.9 Å². The summed E-state index contributed by atoms with van der Waals surface area (Å²) in [5.41, 5.74) is 3.32. The summed E-state index contributed by atoms with van der Waals surface area (Å²) in [6, 6.07) is 13.4. The molecule has 0 fully saturated rings. The summed E-state index contributed by atoms with van der Waals surface area (Å²) < 4.78 is 37.7. The lowest BCUT2D eigenvalue weighted by Crippen LogP contribution is -2.84. The minimum absolute atomic E-state index is 0.0250. The molecule has 27 heavy (non-hydrogen) atoms. The average molecular weight is 378 g/mol. The molecular weight excluding hydrogens is 355 g/mol. The summed E-state index contributed by atoms with van der Waals surface area (Å²) in [5, 5.41) is 6.21. The lowest BCUT2D eigenvalue weighted by atomic mass is 10.0. The number of rotatable bonds is 6. The molecule has 3 rings (SSSR count). The van der Waals surface area contributed by atoms with E-state index in [1.165, 1.54) is 12.1 Å². The number of oxime groups is 1. The standard InChI is InChI=1S/C20H22F3N3O/c1-26(2)17-9-5-15(6-10-17)19-11-18(27-25-19)13-24-12-14-3-7-16(8-4-14)20(21,22)23/h3-10,18,24H,11-13H2,1-2H3/p+1/t18-/m1/s1. The first kappa shape index (κ1) is 19.2. The number of benzene rings is 2. The summed E-state index contributed by atoms with van der Waals surface area (Å²) in [4.78, 5) is 7.53. The second-order valence-electron chi connectivity index (χ2n) is 6.83. The van der Waals surface area contributed by atoms with E-state index >= 15 is 0 Å². The minimum atomic E-state index is -4.29. The van der Waals surface area contributed by atoms with E-state index in [0.717, 1.165) is 41.1 Å². The van der Waals surface area contributed by atoms with Crippen LogP contribution in [0.5, 0.6) is 0 Å². The van der Waals surface area contributed by atoms with Crippen molar-refractivity contribution in [3.63, 3.8) is 0 Å². The fourth-order valence-corrected chi connectivity index (χ4v) is 2.94. The Hall–Kier alpha value is -2.54. The minimum Gasteiger partial charge on any atom is -0.386 e. The molecule has 0 unspecified atom stereocenters. The zero-order valence-electron chi connectivity index (χ0n) is 15.3. The molecule has 1 aliphatic rings. The lowest BCUT2D eigenvalue weighted by molar-refractivity contribution is -0.676. The highest BCUT2D eigenvalue weighted by molar-refractivity contribution is 6.01. The van der Waals surface area contributed by atoms with Crippen molar-refractivity contribution in [2.75, 3.05) is 25.5 Å². The average Bonchev–Trinajstić information content (AvgIpc) is 3.10. The zero-order valence-corrected chi connectivity index (χ0v) is 15.3. The van der Waals surface area contributed by atoms with Gasteiger partial charge in [-0.25, -0.2) is 0 Å². The number of alkyl halides is 3. The van der Waals surface area contributed by atoms with Crippen molar-refractivity contribution in [3.8, 4) is 0 Å². The molecule has 2 N–H and O–H groups in total. The molecule has 4 nitrogen and oxygen atoms in total. The summed E-state index contributed by atoms with van der Waals surface area (Å²) in [6.07, 6.45) is -3.59. The third-order valence-corrected chi connectivity index (χ3v) is 4.54. The van der Waals surface area contributed by atoms with Gasteiger partial charge in [0.2, 0.25) is 0 Å². The van der Waals surface area contributed by atoms with Crippen molar-refractivity contribution in [3.05, 3.63) is 65.2 Å². The molecule has 0 amide bonds. The monoisotopic (exact) mass is 378 g/mol. The molecule has 144 valence electrons. The van der Waals surface area contributed by atoms with Crippen molar-refractivity contribution < 1.29 is 23.3 Å². The summed E-state index contributed by atoms with van der Waals surface area (Å²) in [7, 11) is 3.99. The summed E-state index contributed by atoms with van der Waals surface area (Å²) in [5.74, 6) is 0. The third-order valence-electron chi connectivity index (χ3n) is 4.54. The molecule has 0 aromatic heterocycles. The topological polar surface area (TPSA) is 41.4 Å². The smallest absolute Gasteiger partial charge is 0.386 e. The number of halogens is 3. The molecule has 0 spiro atoms. The zero-order chi connectivity index (χ0) is 19.4. The van der Waals surface area contributed by atoms with Gasteiger partial charge in [-0.15, -0.1) is 0 Å². The maximum Gasteiger partial charge on any atom is 0.416 e. The Bertz CT molecular complexity index is 784. The van der Waals surface area contributed by atoms with Crippen LogP contribution in [0.1, 0.15) is 23.1 Å². The van der Waals surface area contributed by atoms with Gasteiger partial charge in [-0.3, -0.25) is 0 Å². The van der Waals surface area contributed by atoms with Gasteiger partial charge in [0.1, 0.15) is 13.1 Å². The quantitative estimate of drug-likeness (QED) is 0.840. The number of hydrogen-bond acceptors (Lipinski definition) is 3. The summed E-state index contributed by atoms with van der Waals surface area (Å²) >= 11 is 0. The molecule has 0 aliphatic carbocycles. The molecule has 7 heteroatoms. The number of hydrogen-bond donors (Lipinski definition) is 1. The van der Waals surface area contributed by atoms with E-state index in [2.05, 4.69) is 5.16 Å². The van der Waals surface area contributed by atoms with Gasteiger partial charge in [-0.1, -0.05) is 29.4 Å². The van der Waals surface area contributed by atoms with Gasteiger partial charge in [0.05, 0.1) is 11.3 Å². The van der Waals surface area contributed by atoms with E-state index in [9.17, 15) is 13.2 Å². The van der Waals surface area contributed by atoms with E-state index in [1.54, 1.807) is 0 Å². The van der Waals surface area contributed by atoms with Crippen molar-refractivity contribution in [2.24, 2.45) is 5.16 Å². The number of nitrogens with zero attached hydrogens (tertiary/aromatic N) is 2. The highest BCUT2D eigenvalue weighted by atomic mass is 19.4. The molecule has 1 heterocycles. The predicted molar refractivity (Wildman–Crippen MR) is 98.7 cm³/mol. The van der Waals surface area contributed by atoms with E-state index < -0.39 is 11.7 Å². The molecule has 1 atom stereocenters. The Morgan fingerprint density at radius 1 is 1.07 bits per heavy atom. The SMILES string of the molecule is CN(C)c1ccc(C2=NO[C@@H](C[NH2+]Cc3ccc(C(F)(F)F)cc3)C2)cc1. The fraction of sp³-hybridized carbons (Fsp3) is 0.350. The van der Waals surface area contributed by atoms with Crippen molar-refractivity contribution in [1.82, 2.24) is 0 Å². The maximum atomic E-state index is 12.6. The number of quaternary nitrogens is 1. The first-order valence-electron chi connectivity index (χ1n) is 8.81. The Kier molecular flexibility index (Phi) is 5.70. The highest BCUT2D eigenvalue weighted by Crippen LogP contribution is 2.29. The highest BCUT2D eigenvalue weighted by Gasteiger charge is 2.30. The third kappa shape index (κ3) is 5.01. The van der Waals surface area contributed by atoms with Crippen LogP contribution in [-0.4, -0.2) is 32.5 Å². The van der Waals surface area contributed by atoms with Gasteiger partial charge in [-0.05, 0) is 29.8 Å². The Morgan fingerprint density at radius 2 is 1.74 bits per heavy atom. The number of nitrogens with two attached hydrogens (primary N) is 1. The number of anilines is 1. The Morgan fingerprint density at radius 3 is 2.33 bits per heavy atom. The van der Waals surface area contributed by atoms with E-state index in [1.807, 2.05) is 48.6 Å². The molecule has 0 bridgehead atoms. The summed E-state index contributed by atoms with van der Waals surface area (Å²) in [6.45, 7) is 1.30. The normalized spacial score (nSPS) is 16.8. The van der Waals surface area contributed by atoms with Crippen molar-refractivity contribution in [2.45, 2.75) is 25.2 Å². The molecule has 2 aromatic carbocycles. The van der Waals surface area contributed by atoms with Gasteiger partial charge < -0.3 is 15.1 Å². The van der Waals surface area contributed by atoms with Crippen LogP contribution in [0, 0.1) is 0 Å². The van der Waals surface area contributed by atoms with Crippen LogP contribution < -0.4 is 10.2 Å². The van der Waals surface area contributed by atoms with Gasteiger partial charge in [0.15, 0.2) is 6.10 Å². The Labute approximate surface area is 156 Å². The van der Waals surface area contributed by atoms with Crippen LogP contribution in [0.25, 0.3) is 0 Å². The van der Waals surface area contributed by atoms with E-state index in [4.69, 9.17) is 4.84 Å². The predicted octanol–water partition coefficient (Wildman–Crippen LogP) is 3.03. The Balaban J connectivity index is 1.46. The molecule has 0 saturated carbocycles. The first-order valence-corrected chi connectivity index (χ1v) is 8.81. The van der Waals surface area contributed by atoms with Crippen molar-refractivity contribution in [1.29, 1.82) is 0 Å². The molecular formula is C20H23F3N3O+. The van der Waals surface area contributed by atoms with Crippen LogP contribution in [0.3, 0.4) is 0 Å². The second-order valence-corrected chi connectivity index (χ2v) is 6.83. The van der Waals surface area contributed by atoms with Gasteiger partial charge in [0, 0.05) is 31.8 Å². The maximum absolute atomic E-state index is 12.6. The van der Waals surface area contributed by atoms with E-state index in [-0.39, 0.29) is 6.10 Å². The van der Waals surface area contributed by atoms with Gasteiger partial charge in [0.25, 0.3) is 0 Å². The molecule has 2 aromatic rings. The van der Waals surface area contributed by atoms with Crippen LogP contribution >= 0.6 is 0 Å². The van der Waals surface area contributed by atoms with Crippen LogP contribution in [-0.2, 0) is 17.6 Å². The lowest BCUT2D eigenvalue weighted by Gasteiger charge is -2.12. The molecule has 0 radical (unpaired) electrons. The first-order chi connectivity index (χ1) is 12.8. The van der Waals surface area contributed by atoms with Crippen LogP contribution in [0.2, 0.25) is 0 Å². The second kappa shape index (κ2) is 8.00.